The Bertz CT molecular complexity index is 867. The molecule has 0 aromatic heterocycles. The van der Waals surface area contributed by atoms with E-state index in [1.54, 1.807) is 12.1 Å². The number of nitro benzene ring substituents is 1. The third-order valence-electron chi connectivity index (χ3n) is 3.02. The first-order chi connectivity index (χ1) is 10.7. The van der Waals surface area contributed by atoms with E-state index in [1.165, 1.54) is 13.2 Å². The topological polar surface area (TPSA) is 98.5 Å². The van der Waals surface area contributed by atoms with Crippen molar-refractivity contribution in [2.24, 2.45) is 0 Å². The molecule has 0 radical (unpaired) electrons. The molecule has 0 aliphatic carbocycles. The summed E-state index contributed by atoms with van der Waals surface area (Å²) >= 11 is 6.02. The number of nitro groups is 1. The SMILES string of the molecule is COc1cc([N+](=O)[O-])ccc1S(=O)(=O)Nc1ccc(C)cc1Cl. The average molecular weight is 357 g/mol. The lowest BCUT2D eigenvalue weighted by molar-refractivity contribution is -0.385. The van der Waals surface area contributed by atoms with Gasteiger partial charge in [-0.1, -0.05) is 17.7 Å². The van der Waals surface area contributed by atoms with Crippen molar-refractivity contribution in [2.75, 3.05) is 11.8 Å². The van der Waals surface area contributed by atoms with Crippen molar-refractivity contribution in [3.05, 3.63) is 57.1 Å². The third-order valence-corrected chi connectivity index (χ3v) is 4.73. The van der Waals surface area contributed by atoms with Crippen molar-refractivity contribution in [3.63, 3.8) is 0 Å². The summed E-state index contributed by atoms with van der Waals surface area (Å²) in [6.07, 6.45) is 0. The van der Waals surface area contributed by atoms with Crippen LogP contribution in [0, 0.1) is 17.0 Å². The van der Waals surface area contributed by atoms with Crippen molar-refractivity contribution in [1.29, 1.82) is 0 Å². The summed E-state index contributed by atoms with van der Waals surface area (Å²) in [5, 5.41) is 11.0. The van der Waals surface area contributed by atoms with E-state index in [4.69, 9.17) is 16.3 Å². The maximum absolute atomic E-state index is 12.5. The summed E-state index contributed by atoms with van der Waals surface area (Å²) in [7, 11) is -2.78. The Morgan fingerprint density at radius 2 is 1.91 bits per heavy atom. The van der Waals surface area contributed by atoms with Gasteiger partial charge in [0, 0.05) is 6.07 Å². The van der Waals surface area contributed by atoms with Crippen molar-refractivity contribution in [2.45, 2.75) is 11.8 Å². The molecule has 9 heteroatoms. The average Bonchev–Trinajstić information content (AvgIpc) is 2.49. The number of rotatable bonds is 5. The molecule has 0 heterocycles. The zero-order valence-corrected chi connectivity index (χ0v) is 13.8. The molecule has 1 N–H and O–H groups in total. The highest BCUT2D eigenvalue weighted by Gasteiger charge is 2.23. The van der Waals surface area contributed by atoms with E-state index in [0.717, 1.165) is 23.8 Å². The predicted molar refractivity (Wildman–Crippen MR) is 86.6 cm³/mol. The van der Waals surface area contributed by atoms with Crippen LogP contribution >= 0.6 is 11.6 Å². The minimum atomic E-state index is -4.02. The Balaban J connectivity index is 2.45. The van der Waals surface area contributed by atoms with E-state index in [2.05, 4.69) is 4.72 Å². The summed E-state index contributed by atoms with van der Waals surface area (Å²) in [6.45, 7) is 1.82. The Kier molecular flexibility index (Phi) is 4.76. The largest absolute Gasteiger partial charge is 0.495 e. The highest BCUT2D eigenvalue weighted by atomic mass is 35.5. The zero-order valence-electron chi connectivity index (χ0n) is 12.2. The van der Waals surface area contributed by atoms with Gasteiger partial charge < -0.3 is 4.74 Å². The van der Waals surface area contributed by atoms with E-state index in [9.17, 15) is 18.5 Å². The van der Waals surface area contributed by atoms with Crippen LogP contribution in [0.1, 0.15) is 5.56 Å². The van der Waals surface area contributed by atoms with Crippen LogP contribution in [0.25, 0.3) is 0 Å². The lowest BCUT2D eigenvalue weighted by atomic mass is 10.2. The maximum atomic E-state index is 12.5. The van der Waals surface area contributed by atoms with Crippen LogP contribution in [0.2, 0.25) is 5.02 Å². The Hall–Kier alpha value is -2.32. The molecular formula is C14H13ClN2O5S. The van der Waals surface area contributed by atoms with Crippen LogP contribution in [0.4, 0.5) is 11.4 Å². The van der Waals surface area contributed by atoms with Crippen LogP contribution in [-0.2, 0) is 10.0 Å². The molecule has 0 spiro atoms. The fourth-order valence-corrected chi connectivity index (χ4v) is 3.46. The highest BCUT2D eigenvalue weighted by Crippen LogP contribution is 2.31. The number of halogens is 1. The van der Waals surface area contributed by atoms with Gasteiger partial charge in [-0.15, -0.1) is 0 Å². The molecule has 0 saturated heterocycles. The Labute approximate surface area is 138 Å². The molecule has 0 aliphatic heterocycles. The molecule has 122 valence electrons. The number of benzene rings is 2. The quantitative estimate of drug-likeness (QED) is 0.654. The zero-order chi connectivity index (χ0) is 17.2. The van der Waals surface area contributed by atoms with E-state index < -0.39 is 14.9 Å². The minimum Gasteiger partial charge on any atom is -0.495 e. The number of nitrogens with zero attached hydrogens (tertiary/aromatic N) is 1. The van der Waals surface area contributed by atoms with E-state index in [0.29, 0.717) is 0 Å². The lowest BCUT2D eigenvalue weighted by Gasteiger charge is -2.12. The van der Waals surface area contributed by atoms with Crippen molar-refractivity contribution >= 4 is 33.0 Å². The number of sulfonamides is 1. The first kappa shape index (κ1) is 17.0. The molecule has 0 unspecified atom stereocenters. The standard InChI is InChI=1S/C14H13ClN2O5S/c1-9-3-5-12(11(15)7-9)16-23(20,21)14-6-4-10(17(18)19)8-13(14)22-2/h3-8,16H,1-2H3. The molecule has 0 atom stereocenters. The molecule has 2 aromatic carbocycles. The first-order valence-corrected chi connectivity index (χ1v) is 8.22. The second-order valence-corrected chi connectivity index (χ2v) is 6.74. The summed E-state index contributed by atoms with van der Waals surface area (Å²) in [5.74, 6) is -0.130. The van der Waals surface area contributed by atoms with Crippen LogP contribution in [0.15, 0.2) is 41.3 Å². The van der Waals surface area contributed by atoms with Gasteiger partial charge in [0.15, 0.2) is 0 Å². The molecular weight excluding hydrogens is 344 g/mol. The summed E-state index contributed by atoms with van der Waals surface area (Å²) in [6, 6.07) is 8.11. The maximum Gasteiger partial charge on any atom is 0.273 e. The molecule has 2 aromatic rings. The molecule has 0 amide bonds. The Morgan fingerprint density at radius 3 is 2.48 bits per heavy atom. The Morgan fingerprint density at radius 1 is 1.22 bits per heavy atom. The van der Waals surface area contributed by atoms with Gasteiger partial charge in [-0.25, -0.2) is 8.42 Å². The van der Waals surface area contributed by atoms with Gasteiger partial charge in [0.05, 0.1) is 28.8 Å². The number of nitrogens with one attached hydrogen (secondary N) is 1. The number of anilines is 1. The van der Waals surface area contributed by atoms with Gasteiger partial charge in [-0.2, -0.15) is 0 Å². The van der Waals surface area contributed by atoms with Gasteiger partial charge in [-0.3, -0.25) is 14.8 Å². The smallest absolute Gasteiger partial charge is 0.273 e. The van der Waals surface area contributed by atoms with E-state index >= 15 is 0 Å². The lowest BCUT2D eigenvalue weighted by Crippen LogP contribution is -2.14. The fourth-order valence-electron chi connectivity index (χ4n) is 1.89. The normalized spacial score (nSPS) is 11.1. The van der Waals surface area contributed by atoms with Crippen molar-refractivity contribution < 1.29 is 18.1 Å². The van der Waals surface area contributed by atoms with Gasteiger partial charge in [0.2, 0.25) is 0 Å². The molecule has 0 saturated carbocycles. The fraction of sp³-hybridized carbons (Fsp3) is 0.143. The van der Waals surface area contributed by atoms with Gasteiger partial charge in [0.1, 0.15) is 10.6 Å². The molecule has 0 fully saturated rings. The number of hydrogen-bond donors (Lipinski definition) is 1. The van der Waals surface area contributed by atoms with E-state index in [-0.39, 0.29) is 27.0 Å². The van der Waals surface area contributed by atoms with Crippen molar-refractivity contribution in [1.82, 2.24) is 0 Å². The number of non-ortho nitro benzene ring substituents is 1. The second kappa shape index (κ2) is 6.43. The summed E-state index contributed by atoms with van der Waals surface area (Å²) in [4.78, 5) is 9.91. The van der Waals surface area contributed by atoms with Gasteiger partial charge in [0.25, 0.3) is 15.7 Å². The van der Waals surface area contributed by atoms with Crippen LogP contribution in [-0.4, -0.2) is 20.5 Å². The predicted octanol–water partition coefficient (Wildman–Crippen LogP) is 3.37. The second-order valence-electron chi connectivity index (χ2n) is 4.68. The van der Waals surface area contributed by atoms with Crippen LogP contribution in [0.3, 0.4) is 0 Å². The van der Waals surface area contributed by atoms with Gasteiger partial charge >= 0.3 is 0 Å². The molecule has 7 nitrogen and oxygen atoms in total. The number of methoxy groups -OCH3 is 1. The third kappa shape index (κ3) is 3.72. The van der Waals surface area contributed by atoms with Crippen LogP contribution < -0.4 is 9.46 Å². The highest BCUT2D eigenvalue weighted by molar-refractivity contribution is 7.92. The first-order valence-electron chi connectivity index (χ1n) is 6.36. The van der Waals surface area contributed by atoms with Crippen LogP contribution in [0.5, 0.6) is 5.75 Å². The number of ether oxygens (including phenoxy) is 1. The summed E-state index contributed by atoms with van der Waals surface area (Å²) in [5.41, 5.74) is 0.817. The van der Waals surface area contributed by atoms with Crippen molar-refractivity contribution in [3.8, 4) is 5.75 Å². The number of aryl methyl sites for hydroxylation is 1. The minimum absolute atomic E-state index is 0.130. The summed E-state index contributed by atoms with van der Waals surface area (Å²) < 4.78 is 32.3. The molecule has 2 rings (SSSR count). The monoisotopic (exact) mass is 356 g/mol. The van der Waals surface area contributed by atoms with E-state index in [1.807, 2.05) is 6.92 Å². The molecule has 0 bridgehead atoms. The number of hydrogen-bond acceptors (Lipinski definition) is 5. The molecule has 23 heavy (non-hydrogen) atoms. The molecule has 0 aliphatic rings. The van der Waals surface area contributed by atoms with Gasteiger partial charge in [-0.05, 0) is 30.7 Å².